The molecule has 0 saturated carbocycles. The van der Waals surface area contributed by atoms with Crippen molar-refractivity contribution in [2.24, 2.45) is 0 Å². The molecule has 9 heteroatoms. The van der Waals surface area contributed by atoms with Crippen molar-refractivity contribution in [3.63, 3.8) is 0 Å². The van der Waals surface area contributed by atoms with E-state index in [2.05, 4.69) is 19.2 Å². The van der Waals surface area contributed by atoms with Crippen LogP contribution in [0.3, 0.4) is 0 Å². The van der Waals surface area contributed by atoms with Crippen molar-refractivity contribution in [1.29, 1.82) is 0 Å². The van der Waals surface area contributed by atoms with Crippen molar-refractivity contribution < 1.29 is 32.9 Å². The van der Waals surface area contributed by atoms with E-state index < -0.39 is 20.0 Å². The summed E-state index contributed by atoms with van der Waals surface area (Å²) in [7, 11) is 1.63. The molecule has 0 aromatic heterocycles. The quantitative estimate of drug-likeness (QED) is 0.0323. The molecule has 0 bridgehead atoms. The molecule has 0 saturated heterocycles. The highest BCUT2D eigenvalue weighted by Crippen LogP contribution is 2.43. The van der Waals surface area contributed by atoms with Crippen LogP contribution in [0.25, 0.3) is 0 Å². The molecule has 3 unspecified atom stereocenters. The van der Waals surface area contributed by atoms with Gasteiger partial charge in [-0.25, -0.2) is 4.57 Å². The van der Waals surface area contributed by atoms with Gasteiger partial charge in [0.1, 0.15) is 13.2 Å². The predicted octanol–water partition coefficient (Wildman–Crippen LogP) is 13.0. The predicted molar refractivity (Wildman–Crippen MR) is 231 cm³/mol. The standard InChI is InChI=1S/C45H93N2O6P/c1-6-8-10-12-14-16-18-19-20-21-22-23-24-25-26-27-28-29-31-33-35-37-39-45(49)46-43(42-53-54(50,51)52-41-40-47(3,4)5)44(48)38-36-34-32-30-17-15-13-11-9-7-2/h43-44,48H,6-42H2,1-5H3,(H-,46,49,50,51)/p+1. The van der Waals surface area contributed by atoms with Crippen molar-refractivity contribution in [3.05, 3.63) is 0 Å². The van der Waals surface area contributed by atoms with Crippen LogP contribution in [0.4, 0.5) is 0 Å². The molecular formula is C45H94N2O6P+. The summed E-state index contributed by atoms with van der Waals surface area (Å²) in [6.07, 6.45) is 41.4. The largest absolute Gasteiger partial charge is 0.472 e. The molecule has 0 aliphatic carbocycles. The van der Waals surface area contributed by atoms with Crippen LogP contribution >= 0.6 is 7.82 Å². The second kappa shape index (κ2) is 38.0. The highest BCUT2D eigenvalue weighted by atomic mass is 31.2. The molecule has 0 aromatic carbocycles. The Hall–Kier alpha value is -0.500. The summed E-state index contributed by atoms with van der Waals surface area (Å²) < 4.78 is 23.6. The zero-order chi connectivity index (χ0) is 40.0. The van der Waals surface area contributed by atoms with Gasteiger partial charge in [0.2, 0.25) is 5.91 Å². The van der Waals surface area contributed by atoms with Gasteiger partial charge in [-0.2, -0.15) is 0 Å². The van der Waals surface area contributed by atoms with E-state index in [-0.39, 0.29) is 19.1 Å². The van der Waals surface area contributed by atoms with Gasteiger partial charge in [0.05, 0.1) is 39.9 Å². The summed E-state index contributed by atoms with van der Waals surface area (Å²) in [6.45, 7) is 4.89. The van der Waals surface area contributed by atoms with Gasteiger partial charge in [-0.05, 0) is 12.8 Å². The second-order valence-electron chi connectivity index (χ2n) is 17.5. The van der Waals surface area contributed by atoms with E-state index in [0.717, 1.165) is 38.5 Å². The number of rotatable bonds is 43. The summed E-state index contributed by atoms with van der Waals surface area (Å²) in [5.74, 6) is -0.141. The molecule has 0 aliphatic rings. The summed E-state index contributed by atoms with van der Waals surface area (Å²) in [5, 5.41) is 13.9. The third kappa shape index (κ3) is 39.7. The number of phosphoric acid groups is 1. The minimum absolute atomic E-state index is 0.0783. The Morgan fingerprint density at radius 2 is 0.889 bits per heavy atom. The van der Waals surface area contributed by atoms with Gasteiger partial charge in [-0.1, -0.05) is 213 Å². The molecule has 54 heavy (non-hydrogen) atoms. The average Bonchev–Trinajstić information content (AvgIpc) is 3.12. The molecule has 0 radical (unpaired) electrons. The van der Waals surface area contributed by atoms with Gasteiger partial charge in [0.15, 0.2) is 0 Å². The number of carbonyl (C=O) groups excluding carboxylic acids is 1. The van der Waals surface area contributed by atoms with Crippen molar-refractivity contribution >= 4 is 13.7 Å². The normalized spacial score (nSPS) is 14.3. The van der Waals surface area contributed by atoms with Crippen molar-refractivity contribution in [1.82, 2.24) is 5.32 Å². The second-order valence-corrected chi connectivity index (χ2v) is 19.0. The van der Waals surface area contributed by atoms with Crippen LogP contribution in [0, 0.1) is 0 Å². The summed E-state index contributed by atoms with van der Waals surface area (Å²) >= 11 is 0. The maximum Gasteiger partial charge on any atom is 0.472 e. The van der Waals surface area contributed by atoms with Gasteiger partial charge in [0, 0.05) is 6.42 Å². The number of unbranched alkanes of at least 4 members (excludes halogenated alkanes) is 30. The number of carbonyl (C=O) groups is 1. The van der Waals surface area contributed by atoms with E-state index in [1.54, 1.807) is 0 Å². The molecule has 3 atom stereocenters. The van der Waals surface area contributed by atoms with Crippen molar-refractivity contribution in [2.75, 3.05) is 40.9 Å². The Morgan fingerprint density at radius 3 is 1.24 bits per heavy atom. The Morgan fingerprint density at radius 1 is 0.556 bits per heavy atom. The molecule has 324 valence electrons. The fourth-order valence-corrected chi connectivity index (χ4v) is 7.84. The maximum atomic E-state index is 12.9. The molecule has 0 aromatic rings. The third-order valence-corrected chi connectivity index (χ3v) is 11.8. The summed E-state index contributed by atoms with van der Waals surface area (Å²) in [6, 6.07) is -0.752. The Bertz CT molecular complexity index is 855. The zero-order valence-corrected chi connectivity index (χ0v) is 37.6. The molecule has 0 rings (SSSR count). The first-order valence-electron chi connectivity index (χ1n) is 23.4. The Labute approximate surface area is 336 Å². The number of phosphoric ester groups is 1. The first-order chi connectivity index (χ1) is 26.0. The lowest BCUT2D eigenvalue weighted by molar-refractivity contribution is -0.870. The van der Waals surface area contributed by atoms with Crippen LogP contribution in [0.1, 0.15) is 232 Å². The molecule has 0 spiro atoms. The molecular weight excluding hydrogens is 695 g/mol. The molecule has 3 N–H and O–H groups in total. The lowest BCUT2D eigenvalue weighted by Crippen LogP contribution is -2.46. The Kier molecular flexibility index (Phi) is 37.7. The topological polar surface area (TPSA) is 105 Å². The molecule has 0 heterocycles. The molecule has 8 nitrogen and oxygen atoms in total. The number of amides is 1. The number of nitrogens with zero attached hydrogens (tertiary/aromatic N) is 1. The highest BCUT2D eigenvalue weighted by molar-refractivity contribution is 7.47. The number of likely N-dealkylation sites (N-methyl/N-ethyl adjacent to an activating group) is 1. The number of hydrogen-bond acceptors (Lipinski definition) is 5. The molecule has 1 amide bonds. The van der Waals surface area contributed by atoms with Crippen LogP contribution in [-0.2, 0) is 18.4 Å². The molecule has 0 fully saturated rings. The van der Waals surface area contributed by atoms with Crippen LogP contribution in [-0.4, -0.2) is 73.4 Å². The molecule has 0 aliphatic heterocycles. The van der Waals surface area contributed by atoms with Crippen LogP contribution < -0.4 is 5.32 Å². The first kappa shape index (κ1) is 53.5. The van der Waals surface area contributed by atoms with Gasteiger partial charge in [0.25, 0.3) is 0 Å². The van der Waals surface area contributed by atoms with Gasteiger partial charge in [-0.3, -0.25) is 13.8 Å². The monoisotopic (exact) mass is 790 g/mol. The fraction of sp³-hybridized carbons (Fsp3) is 0.978. The van der Waals surface area contributed by atoms with E-state index >= 15 is 0 Å². The van der Waals surface area contributed by atoms with E-state index in [1.807, 2.05) is 21.1 Å². The van der Waals surface area contributed by atoms with Crippen LogP contribution in [0.2, 0.25) is 0 Å². The van der Waals surface area contributed by atoms with Crippen LogP contribution in [0.15, 0.2) is 0 Å². The first-order valence-corrected chi connectivity index (χ1v) is 24.9. The number of quaternary nitrogens is 1. The number of aliphatic hydroxyl groups excluding tert-OH is 1. The van der Waals surface area contributed by atoms with Gasteiger partial charge >= 0.3 is 7.82 Å². The zero-order valence-electron chi connectivity index (χ0n) is 36.7. The van der Waals surface area contributed by atoms with E-state index in [9.17, 15) is 19.4 Å². The lowest BCUT2D eigenvalue weighted by Gasteiger charge is -2.26. The fourth-order valence-electron chi connectivity index (χ4n) is 7.11. The lowest BCUT2D eigenvalue weighted by atomic mass is 10.0. The minimum Gasteiger partial charge on any atom is -0.391 e. The Balaban J connectivity index is 4.14. The smallest absolute Gasteiger partial charge is 0.391 e. The number of hydrogen-bond donors (Lipinski definition) is 3. The summed E-state index contributed by atoms with van der Waals surface area (Å²) in [5.41, 5.74) is 0. The van der Waals surface area contributed by atoms with Crippen LogP contribution in [0.5, 0.6) is 0 Å². The van der Waals surface area contributed by atoms with E-state index in [4.69, 9.17) is 9.05 Å². The minimum atomic E-state index is -4.30. The van der Waals surface area contributed by atoms with Gasteiger partial charge in [-0.15, -0.1) is 0 Å². The summed E-state index contributed by atoms with van der Waals surface area (Å²) in [4.78, 5) is 23.1. The highest BCUT2D eigenvalue weighted by Gasteiger charge is 2.28. The number of aliphatic hydroxyl groups is 1. The maximum absolute atomic E-state index is 12.9. The average molecular weight is 790 g/mol. The van der Waals surface area contributed by atoms with E-state index in [0.29, 0.717) is 23.9 Å². The SMILES string of the molecule is CCCCCCCCCCCCCCCCCCCCCCCCC(=O)NC(COP(=O)(O)OCC[N+](C)(C)C)C(O)CCCCCCCCCCCC. The van der Waals surface area contributed by atoms with Crippen molar-refractivity contribution in [3.8, 4) is 0 Å². The van der Waals surface area contributed by atoms with E-state index in [1.165, 1.54) is 167 Å². The van der Waals surface area contributed by atoms with Gasteiger partial charge < -0.3 is 19.8 Å². The number of nitrogens with one attached hydrogen (secondary N) is 1. The van der Waals surface area contributed by atoms with Crippen molar-refractivity contribution in [2.45, 2.75) is 244 Å². The third-order valence-electron chi connectivity index (χ3n) is 10.9.